The first-order chi connectivity index (χ1) is 6.57. The van der Waals surface area contributed by atoms with E-state index < -0.39 is 0 Å². The predicted octanol–water partition coefficient (Wildman–Crippen LogP) is 1.34. The van der Waals surface area contributed by atoms with E-state index in [4.69, 9.17) is 4.74 Å². The van der Waals surface area contributed by atoms with Gasteiger partial charge in [0.25, 0.3) is 0 Å². The summed E-state index contributed by atoms with van der Waals surface area (Å²) in [5.74, 6) is 0. The van der Waals surface area contributed by atoms with E-state index >= 15 is 0 Å². The van der Waals surface area contributed by atoms with Crippen LogP contribution in [-0.2, 0) is 4.74 Å². The van der Waals surface area contributed by atoms with Crippen molar-refractivity contribution >= 4 is 0 Å². The molecule has 86 valence electrons. The maximum atomic E-state index is 5.03. The number of hydrogen-bond acceptors (Lipinski definition) is 3. The molecule has 0 saturated carbocycles. The minimum atomic E-state index is 0.574. The van der Waals surface area contributed by atoms with Gasteiger partial charge in [0.05, 0.1) is 0 Å². The fourth-order valence-electron chi connectivity index (χ4n) is 1.24. The van der Waals surface area contributed by atoms with Gasteiger partial charge in [0, 0.05) is 38.9 Å². The van der Waals surface area contributed by atoms with Gasteiger partial charge in [-0.25, -0.2) is 0 Å². The molecule has 1 unspecified atom stereocenters. The highest BCUT2D eigenvalue weighted by atomic mass is 16.5. The number of hydrogen-bond donors (Lipinski definition) is 1. The summed E-state index contributed by atoms with van der Waals surface area (Å²) in [6.45, 7) is 9.63. The molecule has 0 aliphatic carbocycles. The van der Waals surface area contributed by atoms with Crippen molar-refractivity contribution in [2.45, 2.75) is 39.3 Å². The molecule has 0 aromatic rings. The van der Waals surface area contributed by atoms with Crippen LogP contribution in [0.2, 0.25) is 0 Å². The van der Waals surface area contributed by atoms with Crippen molar-refractivity contribution in [3.05, 3.63) is 0 Å². The summed E-state index contributed by atoms with van der Waals surface area (Å²) in [4.78, 5) is 2.37. The van der Waals surface area contributed by atoms with Gasteiger partial charge in [-0.2, -0.15) is 0 Å². The minimum Gasteiger partial charge on any atom is -0.385 e. The molecular formula is C11H26N2O. The molecule has 0 heterocycles. The van der Waals surface area contributed by atoms with Crippen molar-refractivity contribution in [3.63, 3.8) is 0 Å². The molecule has 0 radical (unpaired) electrons. The fraction of sp³-hybridized carbons (Fsp3) is 1.00. The van der Waals surface area contributed by atoms with Gasteiger partial charge in [0.2, 0.25) is 0 Å². The Morgan fingerprint density at radius 2 is 1.93 bits per heavy atom. The average molecular weight is 202 g/mol. The SMILES string of the molecule is COCCCN(C)C(C)CNC(C)C. The van der Waals surface area contributed by atoms with Crippen molar-refractivity contribution in [2.75, 3.05) is 33.9 Å². The third kappa shape index (κ3) is 7.30. The normalized spacial score (nSPS) is 13.9. The summed E-state index contributed by atoms with van der Waals surface area (Å²) < 4.78 is 5.03. The van der Waals surface area contributed by atoms with Gasteiger partial charge >= 0.3 is 0 Å². The summed E-state index contributed by atoms with van der Waals surface area (Å²) in [5.41, 5.74) is 0. The molecule has 0 saturated heterocycles. The maximum absolute atomic E-state index is 5.03. The summed E-state index contributed by atoms with van der Waals surface area (Å²) in [6, 6.07) is 1.17. The third-order valence-corrected chi connectivity index (χ3v) is 2.43. The van der Waals surface area contributed by atoms with E-state index in [0.717, 1.165) is 26.1 Å². The smallest absolute Gasteiger partial charge is 0.0474 e. The van der Waals surface area contributed by atoms with E-state index in [1.165, 1.54) is 0 Å². The lowest BCUT2D eigenvalue weighted by molar-refractivity contribution is 0.167. The number of likely N-dealkylation sites (N-methyl/N-ethyl adjacent to an activating group) is 1. The van der Waals surface area contributed by atoms with Crippen LogP contribution in [-0.4, -0.2) is 50.8 Å². The minimum absolute atomic E-state index is 0.574. The van der Waals surface area contributed by atoms with Crippen LogP contribution in [0.3, 0.4) is 0 Å². The zero-order chi connectivity index (χ0) is 11.0. The molecule has 0 bridgehead atoms. The van der Waals surface area contributed by atoms with E-state index in [1.807, 2.05) is 0 Å². The van der Waals surface area contributed by atoms with Gasteiger partial charge in [0.15, 0.2) is 0 Å². The Hall–Kier alpha value is -0.120. The van der Waals surface area contributed by atoms with Gasteiger partial charge in [-0.3, -0.25) is 0 Å². The zero-order valence-corrected chi connectivity index (χ0v) is 10.3. The summed E-state index contributed by atoms with van der Waals surface area (Å²) in [7, 11) is 3.92. The number of methoxy groups -OCH3 is 1. The Balaban J connectivity index is 3.49. The molecular weight excluding hydrogens is 176 g/mol. The van der Waals surface area contributed by atoms with Crippen LogP contribution in [0.25, 0.3) is 0 Å². The molecule has 0 fully saturated rings. The van der Waals surface area contributed by atoms with Crippen LogP contribution in [0.5, 0.6) is 0 Å². The van der Waals surface area contributed by atoms with Gasteiger partial charge in [-0.15, -0.1) is 0 Å². The lowest BCUT2D eigenvalue weighted by atomic mass is 10.2. The molecule has 3 heteroatoms. The zero-order valence-electron chi connectivity index (χ0n) is 10.3. The maximum Gasteiger partial charge on any atom is 0.0474 e. The first-order valence-electron chi connectivity index (χ1n) is 5.50. The largest absolute Gasteiger partial charge is 0.385 e. The van der Waals surface area contributed by atoms with Gasteiger partial charge in [-0.1, -0.05) is 13.8 Å². The first-order valence-corrected chi connectivity index (χ1v) is 5.50. The topological polar surface area (TPSA) is 24.5 Å². The Kier molecular flexibility index (Phi) is 8.14. The van der Waals surface area contributed by atoms with Crippen LogP contribution >= 0.6 is 0 Å². The van der Waals surface area contributed by atoms with E-state index in [9.17, 15) is 0 Å². The van der Waals surface area contributed by atoms with E-state index in [2.05, 4.69) is 38.0 Å². The third-order valence-electron chi connectivity index (χ3n) is 2.43. The number of ether oxygens (including phenoxy) is 1. The first kappa shape index (κ1) is 13.9. The van der Waals surface area contributed by atoms with Gasteiger partial charge in [-0.05, 0) is 20.4 Å². The summed E-state index contributed by atoms with van der Waals surface area (Å²) in [5, 5.41) is 3.44. The molecule has 1 N–H and O–H groups in total. The van der Waals surface area contributed by atoms with Crippen LogP contribution in [0.1, 0.15) is 27.2 Å². The predicted molar refractivity (Wildman–Crippen MR) is 61.7 cm³/mol. The molecule has 0 spiro atoms. The molecule has 0 aliphatic rings. The number of nitrogens with zero attached hydrogens (tertiary/aromatic N) is 1. The number of nitrogens with one attached hydrogen (secondary N) is 1. The van der Waals surface area contributed by atoms with Crippen LogP contribution in [0, 0.1) is 0 Å². The summed E-state index contributed by atoms with van der Waals surface area (Å²) in [6.07, 6.45) is 1.11. The van der Waals surface area contributed by atoms with Crippen molar-refractivity contribution in [1.29, 1.82) is 0 Å². The lowest BCUT2D eigenvalue weighted by Gasteiger charge is -2.25. The molecule has 0 aliphatic heterocycles. The standard InChI is InChI=1S/C11H26N2O/c1-10(2)12-9-11(3)13(4)7-6-8-14-5/h10-12H,6-9H2,1-5H3. The van der Waals surface area contributed by atoms with Crippen LogP contribution < -0.4 is 5.32 Å². The van der Waals surface area contributed by atoms with E-state index in [1.54, 1.807) is 7.11 Å². The molecule has 0 rings (SSSR count). The van der Waals surface area contributed by atoms with E-state index in [-0.39, 0.29) is 0 Å². The molecule has 0 aromatic heterocycles. The second-order valence-electron chi connectivity index (χ2n) is 4.24. The van der Waals surface area contributed by atoms with Gasteiger partial charge < -0.3 is 15.0 Å². The molecule has 14 heavy (non-hydrogen) atoms. The van der Waals surface area contributed by atoms with E-state index in [0.29, 0.717) is 12.1 Å². The second kappa shape index (κ2) is 8.21. The summed E-state index contributed by atoms with van der Waals surface area (Å²) >= 11 is 0. The highest BCUT2D eigenvalue weighted by molar-refractivity contribution is 4.67. The number of rotatable bonds is 8. The molecule has 0 aromatic carbocycles. The quantitative estimate of drug-likeness (QED) is 0.601. The van der Waals surface area contributed by atoms with Crippen LogP contribution in [0.4, 0.5) is 0 Å². The monoisotopic (exact) mass is 202 g/mol. The van der Waals surface area contributed by atoms with Crippen LogP contribution in [0.15, 0.2) is 0 Å². The van der Waals surface area contributed by atoms with Gasteiger partial charge in [0.1, 0.15) is 0 Å². The lowest BCUT2D eigenvalue weighted by Crippen LogP contribution is -2.40. The van der Waals surface area contributed by atoms with Crippen molar-refractivity contribution in [1.82, 2.24) is 10.2 Å². The second-order valence-corrected chi connectivity index (χ2v) is 4.24. The highest BCUT2D eigenvalue weighted by Gasteiger charge is 2.08. The molecule has 1 atom stereocenters. The average Bonchev–Trinajstić information content (AvgIpc) is 2.14. The Labute approximate surface area is 88.8 Å². The Bertz CT molecular complexity index is 128. The Morgan fingerprint density at radius 3 is 2.43 bits per heavy atom. The Morgan fingerprint density at radius 1 is 1.29 bits per heavy atom. The molecule has 3 nitrogen and oxygen atoms in total. The molecule has 0 amide bonds. The van der Waals surface area contributed by atoms with Crippen molar-refractivity contribution in [3.8, 4) is 0 Å². The van der Waals surface area contributed by atoms with Crippen molar-refractivity contribution in [2.24, 2.45) is 0 Å². The fourth-order valence-corrected chi connectivity index (χ4v) is 1.24. The highest BCUT2D eigenvalue weighted by Crippen LogP contribution is 1.96. The van der Waals surface area contributed by atoms with Crippen molar-refractivity contribution < 1.29 is 4.74 Å².